The maximum Gasteiger partial charge on any atom is 0.417 e. The molecule has 0 radical (unpaired) electrons. The smallest absolute Gasteiger partial charge is 0.417 e. The normalized spacial score (nSPS) is 17.7. The van der Waals surface area contributed by atoms with Crippen LogP contribution >= 0.6 is 0 Å². The third-order valence-corrected chi connectivity index (χ3v) is 6.15. The summed E-state index contributed by atoms with van der Waals surface area (Å²) in [5.74, 6) is -1.26. The molecule has 0 saturated heterocycles. The van der Waals surface area contributed by atoms with Gasteiger partial charge in [0.25, 0.3) is 5.91 Å². The maximum atomic E-state index is 15.1. The highest BCUT2D eigenvalue weighted by atomic mass is 19.4. The molecule has 34 heavy (non-hydrogen) atoms. The predicted octanol–water partition coefficient (Wildman–Crippen LogP) is 3.76. The molecule has 1 atom stereocenters. The number of benzene rings is 1. The predicted molar refractivity (Wildman–Crippen MR) is 112 cm³/mol. The van der Waals surface area contributed by atoms with Crippen LogP contribution in [0.25, 0.3) is 16.6 Å². The summed E-state index contributed by atoms with van der Waals surface area (Å²) in [7, 11) is 0. The van der Waals surface area contributed by atoms with Crippen LogP contribution in [0, 0.1) is 5.82 Å². The van der Waals surface area contributed by atoms with Gasteiger partial charge in [0.05, 0.1) is 40.7 Å². The molecule has 1 fully saturated rings. The second-order valence-electron chi connectivity index (χ2n) is 8.35. The summed E-state index contributed by atoms with van der Waals surface area (Å²) >= 11 is 0. The van der Waals surface area contributed by atoms with Crippen LogP contribution in [-0.2, 0) is 6.18 Å². The SMILES string of the molecule is Nc1nc2cc(F)c(C(=O)N(C3CC3)[C@@H]3COc4ncc(C(F)(F)F)cc43)cc2n2cncc12. The summed E-state index contributed by atoms with van der Waals surface area (Å²) in [6, 6.07) is 2.37. The Morgan fingerprint density at radius 2 is 1.97 bits per heavy atom. The summed E-state index contributed by atoms with van der Waals surface area (Å²) < 4.78 is 62.0. The molecule has 8 nitrogen and oxygen atoms in total. The largest absolute Gasteiger partial charge is 0.475 e. The van der Waals surface area contributed by atoms with E-state index in [-0.39, 0.29) is 41.0 Å². The molecule has 2 aliphatic rings. The molecule has 2 N–H and O–H groups in total. The van der Waals surface area contributed by atoms with Crippen LogP contribution in [0.4, 0.5) is 23.4 Å². The van der Waals surface area contributed by atoms with Crippen LogP contribution in [0.2, 0.25) is 0 Å². The lowest BCUT2D eigenvalue weighted by Crippen LogP contribution is -2.38. The van der Waals surface area contributed by atoms with Gasteiger partial charge >= 0.3 is 6.18 Å². The fourth-order valence-corrected chi connectivity index (χ4v) is 4.38. The number of aromatic nitrogens is 4. The maximum absolute atomic E-state index is 15.1. The van der Waals surface area contributed by atoms with E-state index in [9.17, 15) is 18.0 Å². The first-order chi connectivity index (χ1) is 16.2. The van der Waals surface area contributed by atoms with Crippen molar-refractivity contribution in [3.8, 4) is 5.88 Å². The Balaban J connectivity index is 1.45. The number of rotatable bonds is 3. The second kappa shape index (κ2) is 7.02. The third kappa shape index (κ3) is 3.12. The molecular weight excluding hydrogens is 456 g/mol. The minimum atomic E-state index is -4.60. The van der Waals surface area contributed by atoms with Gasteiger partial charge in [-0.3, -0.25) is 9.20 Å². The van der Waals surface area contributed by atoms with Gasteiger partial charge in [0.2, 0.25) is 5.88 Å². The Kier molecular flexibility index (Phi) is 4.26. The first-order valence-corrected chi connectivity index (χ1v) is 10.5. The van der Waals surface area contributed by atoms with Crippen molar-refractivity contribution in [3.05, 3.63) is 59.4 Å². The van der Waals surface area contributed by atoms with Gasteiger partial charge in [-0.2, -0.15) is 13.2 Å². The Hall–Kier alpha value is -3.96. The first-order valence-electron chi connectivity index (χ1n) is 10.5. The Labute approximate surface area is 189 Å². The van der Waals surface area contributed by atoms with Crippen molar-refractivity contribution in [1.29, 1.82) is 0 Å². The molecular formula is C22H16F4N6O2. The number of halogens is 4. The number of carbonyl (C=O) groups excluding carboxylic acids is 1. The van der Waals surface area contributed by atoms with Gasteiger partial charge in [-0.15, -0.1) is 0 Å². The van der Waals surface area contributed by atoms with E-state index < -0.39 is 29.5 Å². The van der Waals surface area contributed by atoms with E-state index in [2.05, 4.69) is 15.0 Å². The van der Waals surface area contributed by atoms with Gasteiger partial charge < -0.3 is 15.4 Å². The number of carbonyl (C=O) groups is 1. The number of amides is 1. The van der Waals surface area contributed by atoms with Crippen molar-refractivity contribution in [3.63, 3.8) is 0 Å². The van der Waals surface area contributed by atoms with Crippen molar-refractivity contribution in [2.75, 3.05) is 12.3 Å². The van der Waals surface area contributed by atoms with Gasteiger partial charge in [0.15, 0.2) is 0 Å². The monoisotopic (exact) mass is 472 g/mol. The lowest BCUT2D eigenvalue weighted by Gasteiger charge is -2.28. The highest BCUT2D eigenvalue weighted by Gasteiger charge is 2.44. The molecule has 1 saturated carbocycles. The van der Waals surface area contributed by atoms with Crippen LogP contribution in [0.1, 0.15) is 40.4 Å². The number of hydrogen-bond acceptors (Lipinski definition) is 6. The number of pyridine rings is 1. The zero-order chi connectivity index (χ0) is 23.8. The number of alkyl halides is 3. The summed E-state index contributed by atoms with van der Waals surface area (Å²) in [5, 5.41) is 0. The number of ether oxygens (including phenoxy) is 1. The molecule has 3 aromatic heterocycles. The van der Waals surface area contributed by atoms with E-state index in [4.69, 9.17) is 10.5 Å². The lowest BCUT2D eigenvalue weighted by atomic mass is 10.0. The first kappa shape index (κ1) is 20.6. The molecule has 174 valence electrons. The molecule has 1 aromatic carbocycles. The molecule has 12 heteroatoms. The van der Waals surface area contributed by atoms with Crippen molar-refractivity contribution >= 4 is 28.3 Å². The van der Waals surface area contributed by atoms with Crippen molar-refractivity contribution < 1.29 is 27.1 Å². The molecule has 0 bridgehead atoms. The van der Waals surface area contributed by atoms with Gasteiger partial charge in [-0.25, -0.2) is 19.3 Å². The van der Waals surface area contributed by atoms with Gasteiger partial charge in [0.1, 0.15) is 23.8 Å². The van der Waals surface area contributed by atoms with Gasteiger partial charge in [0, 0.05) is 23.9 Å². The second-order valence-corrected chi connectivity index (χ2v) is 8.35. The zero-order valence-electron chi connectivity index (χ0n) is 17.4. The van der Waals surface area contributed by atoms with Crippen LogP contribution in [0.5, 0.6) is 5.88 Å². The molecule has 4 heterocycles. The number of nitrogens with two attached hydrogens (primary N) is 1. The van der Waals surface area contributed by atoms with Crippen LogP contribution in [-0.4, -0.2) is 42.8 Å². The summed E-state index contributed by atoms with van der Waals surface area (Å²) in [4.78, 5) is 27.0. The molecule has 4 aromatic rings. The summed E-state index contributed by atoms with van der Waals surface area (Å²) in [5.41, 5.74) is 6.07. The van der Waals surface area contributed by atoms with E-state index in [0.717, 1.165) is 12.1 Å². The average Bonchev–Trinajstić information content (AvgIpc) is 3.32. The number of hydrogen-bond donors (Lipinski definition) is 1. The standard InChI is InChI=1S/C22H16F4N6O2/c23-14-5-15-16(31-9-28-7-17(31)19(27)30-15)4-12(14)21(33)32(11-1-2-11)18-8-34-20-13(18)3-10(6-29-20)22(24,25)26/h3-7,9,11,18H,1-2,8H2,(H2,27,30)/t18-/m1/s1. The number of anilines is 1. The quantitative estimate of drug-likeness (QED) is 0.456. The van der Waals surface area contributed by atoms with Crippen molar-refractivity contribution in [1.82, 2.24) is 24.3 Å². The minimum Gasteiger partial charge on any atom is -0.475 e. The molecule has 0 spiro atoms. The topological polar surface area (TPSA) is 98.6 Å². The molecule has 1 aliphatic heterocycles. The van der Waals surface area contributed by atoms with Crippen LogP contribution in [0.3, 0.4) is 0 Å². The van der Waals surface area contributed by atoms with E-state index in [1.165, 1.54) is 23.5 Å². The Morgan fingerprint density at radius 1 is 1.18 bits per heavy atom. The summed E-state index contributed by atoms with van der Waals surface area (Å²) in [6.07, 6.45) is 0.390. The summed E-state index contributed by atoms with van der Waals surface area (Å²) in [6.45, 7) is -0.0645. The van der Waals surface area contributed by atoms with E-state index in [1.54, 1.807) is 4.40 Å². The Morgan fingerprint density at radius 3 is 2.71 bits per heavy atom. The zero-order valence-corrected chi connectivity index (χ0v) is 17.4. The molecule has 0 unspecified atom stereocenters. The number of nitrogen functional groups attached to an aromatic ring is 1. The molecule has 1 amide bonds. The average molecular weight is 472 g/mol. The van der Waals surface area contributed by atoms with E-state index in [1.807, 2.05) is 0 Å². The third-order valence-electron chi connectivity index (χ3n) is 6.15. The van der Waals surface area contributed by atoms with E-state index >= 15 is 4.39 Å². The van der Waals surface area contributed by atoms with E-state index in [0.29, 0.717) is 30.1 Å². The van der Waals surface area contributed by atoms with Crippen molar-refractivity contribution in [2.45, 2.75) is 31.1 Å². The number of nitrogens with zero attached hydrogens (tertiary/aromatic N) is 5. The fourth-order valence-electron chi connectivity index (χ4n) is 4.38. The molecule has 1 aliphatic carbocycles. The van der Waals surface area contributed by atoms with Gasteiger partial charge in [-0.05, 0) is 25.0 Å². The molecule has 6 rings (SSSR count). The minimum absolute atomic E-state index is 0.0373. The van der Waals surface area contributed by atoms with Crippen molar-refractivity contribution in [2.24, 2.45) is 0 Å². The van der Waals surface area contributed by atoms with Crippen LogP contribution in [0.15, 0.2) is 36.9 Å². The van der Waals surface area contributed by atoms with Crippen LogP contribution < -0.4 is 10.5 Å². The number of fused-ring (bicyclic) bond motifs is 4. The Bertz CT molecular complexity index is 1480. The highest BCUT2D eigenvalue weighted by Crippen LogP contribution is 2.43. The highest BCUT2D eigenvalue weighted by molar-refractivity contribution is 5.99. The fraction of sp³-hybridized carbons (Fsp3) is 0.273. The number of imidazole rings is 1. The van der Waals surface area contributed by atoms with Gasteiger partial charge in [-0.1, -0.05) is 0 Å². The lowest BCUT2D eigenvalue weighted by molar-refractivity contribution is -0.137.